The second-order valence-electron chi connectivity index (χ2n) is 6.23. The van der Waals surface area contributed by atoms with Gasteiger partial charge in [0.1, 0.15) is 18.3 Å². The molecule has 0 N–H and O–H groups in total. The Morgan fingerprint density at radius 3 is 2.59 bits per heavy atom. The molecule has 3 rings (SSSR count). The molecule has 8 nitrogen and oxygen atoms in total. The molecule has 0 fully saturated rings. The van der Waals surface area contributed by atoms with Crippen molar-refractivity contribution >= 4 is 22.8 Å². The summed E-state index contributed by atoms with van der Waals surface area (Å²) in [6.45, 7) is 3.21. The molecular weight excluding hydrogens is 348 g/mol. The highest BCUT2D eigenvalue weighted by Gasteiger charge is 2.20. The highest BCUT2D eigenvalue weighted by molar-refractivity contribution is 6.00. The third-order valence-electron chi connectivity index (χ3n) is 4.34. The Labute approximate surface area is 155 Å². The molecule has 1 atom stereocenters. The molecule has 8 heteroatoms. The first-order chi connectivity index (χ1) is 12.9. The first kappa shape index (κ1) is 18.5. The number of carbonyl (C=O) groups excluding carboxylic acids is 2. The van der Waals surface area contributed by atoms with E-state index >= 15 is 0 Å². The van der Waals surface area contributed by atoms with Gasteiger partial charge in [0.25, 0.3) is 5.56 Å². The number of hydrogen-bond donors (Lipinski definition) is 0. The molecule has 1 aromatic carbocycles. The van der Waals surface area contributed by atoms with E-state index in [1.807, 2.05) is 19.1 Å². The van der Waals surface area contributed by atoms with Crippen LogP contribution in [0, 0.1) is 0 Å². The van der Waals surface area contributed by atoms with E-state index in [0.29, 0.717) is 16.6 Å². The molecule has 0 aliphatic heterocycles. The minimum absolute atomic E-state index is 0.292. The second-order valence-corrected chi connectivity index (χ2v) is 6.23. The minimum atomic E-state index is -0.948. The van der Waals surface area contributed by atoms with Gasteiger partial charge in [0.05, 0.1) is 6.20 Å². The number of hydrogen-bond acceptors (Lipinski definition) is 6. The third kappa shape index (κ3) is 3.79. The van der Waals surface area contributed by atoms with Gasteiger partial charge < -0.3 is 4.74 Å². The van der Waals surface area contributed by atoms with Crippen LogP contribution in [0.3, 0.4) is 0 Å². The van der Waals surface area contributed by atoms with Gasteiger partial charge in [-0.05, 0) is 18.9 Å². The number of ketones is 1. The number of fused-ring (bicyclic) bond motifs is 1. The van der Waals surface area contributed by atoms with Crippen LogP contribution in [0.15, 0.2) is 41.6 Å². The summed E-state index contributed by atoms with van der Waals surface area (Å²) < 4.78 is 7.82. The van der Waals surface area contributed by atoms with Gasteiger partial charge in [-0.15, -0.1) is 0 Å². The van der Waals surface area contributed by atoms with E-state index in [9.17, 15) is 14.4 Å². The van der Waals surface area contributed by atoms with E-state index in [2.05, 4.69) is 10.1 Å². The molecule has 0 spiro atoms. The minimum Gasteiger partial charge on any atom is -0.453 e. The van der Waals surface area contributed by atoms with Crippen LogP contribution < -0.4 is 5.56 Å². The lowest BCUT2D eigenvalue weighted by Crippen LogP contribution is -2.30. The lowest BCUT2D eigenvalue weighted by molar-refractivity contribution is -0.147. The zero-order valence-electron chi connectivity index (χ0n) is 15.4. The van der Waals surface area contributed by atoms with Crippen LogP contribution in [-0.2, 0) is 29.5 Å². The molecule has 2 aromatic heterocycles. The van der Waals surface area contributed by atoms with Crippen molar-refractivity contribution in [3.05, 3.63) is 58.3 Å². The van der Waals surface area contributed by atoms with Gasteiger partial charge in [0.15, 0.2) is 11.8 Å². The molecule has 0 aliphatic carbocycles. The molecule has 0 amide bonds. The molecule has 27 heavy (non-hydrogen) atoms. The first-order valence-corrected chi connectivity index (χ1v) is 8.60. The highest BCUT2D eigenvalue weighted by Crippen LogP contribution is 2.10. The topological polar surface area (TPSA) is 96.1 Å². The lowest BCUT2D eigenvalue weighted by atomic mass is 10.0. The van der Waals surface area contributed by atoms with E-state index in [1.54, 1.807) is 19.2 Å². The van der Waals surface area contributed by atoms with Crippen LogP contribution in [0.1, 0.15) is 29.8 Å². The van der Waals surface area contributed by atoms with Crippen molar-refractivity contribution in [2.45, 2.75) is 32.9 Å². The first-order valence-electron chi connectivity index (χ1n) is 8.60. The number of aryl methyl sites for hydroxylation is 2. The highest BCUT2D eigenvalue weighted by atomic mass is 16.5. The van der Waals surface area contributed by atoms with Crippen molar-refractivity contribution < 1.29 is 14.3 Å². The number of ether oxygens (including phenoxy) is 1. The number of nitrogens with zero attached hydrogens (tertiary/aromatic N) is 4. The van der Waals surface area contributed by atoms with Gasteiger partial charge in [-0.2, -0.15) is 5.10 Å². The fourth-order valence-electron chi connectivity index (χ4n) is 2.75. The van der Waals surface area contributed by atoms with Crippen molar-refractivity contribution in [1.82, 2.24) is 19.3 Å². The zero-order valence-corrected chi connectivity index (χ0v) is 15.4. The summed E-state index contributed by atoms with van der Waals surface area (Å²) in [5.41, 5.74) is 1.64. The van der Waals surface area contributed by atoms with E-state index in [0.717, 1.165) is 16.6 Å². The summed E-state index contributed by atoms with van der Waals surface area (Å²) in [6.07, 6.45) is 2.60. The molecule has 0 aliphatic rings. The van der Waals surface area contributed by atoms with Gasteiger partial charge >= 0.3 is 5.97 Å². The van der Waals surface area contributed by atoms with Gasteiger partial charge in [0.2, 0.25) is 5.78 Å². The predicted molar refractivity (Wildman–Crippen MR) is 98.5 cm³/mol. The fourth-order valence-corrected chi connectivity index (χ4v) is 2.75. The van der Waals surface area contributed by atoms with Crippen LogP contribution in [0.25, 0.3) is 11.0 Å². The SMILES string of the molecule is CCc1ccc(C(=O)[C@@H](C)OC(=O)Cn2cnc3c(cnn3C)c2=O)cc1. The van der Waals surface area contributed by atoms with Crippen LogP contribution in [-0.4, -0.2) is 37.2 Å². The quantitative estimate of drug-likeness (QED) is 0.483. The van der Waals surface area contributed by atoms with Crippen molar-refractivity contribution in [1.29, 1.82) is 0 Å². The molecule has 2 heterocycles. The number of esters is 1. The Morgan fingerprint density at radius 1 is 1.22 bits per heavy atom. The third-order valence-corrected chi connectivity index (χ3v) is 4.34. The lowest BCUT2D eigenvalue weighted by Gasteiger charge is -2.13. The molecule has 0 radical (unpaired) electrons. The van der Waals surface area contributed by atoms with Gasteiger partial charge in [-0.1, -0.05) is 31.2 Å². The maximum absolute atomic E-state index is 12.4. The number of carbonyl (C=O) groups is 2. The van der Waals surface area contributed by atoms with E-state index in [1.165, 1.54) is 24.1 Å². The maximum atomic E-state index is 12.4. The summed E-state index contributed by atoms with van der Waals surface area (Å²) in [4.78, 5) is 41.1. The molecule has 0 bridgehead atoms. The summed E-state index contributed by atoms with van der Waals surface area (Å²) in [7, 11) is 1.67. The number of benzene rings is 1. The Kier molecular flexibility index (Phi) is 5.16. The number of rotatable bonds is 6. The monoisotopic (exact) mass is 368 g/mol. The Balaban J connectivity index is 1.68. The normalized spacial score (nSPS) is 12.1. The molecule has 3 aromatic rings. The fraction of sp³-hybridized carbons (Fsp3) is 0.316. The summed E-state index contributed by atoms with van der Waals surface area (Å²) >= 11 is 0. The molecule has 0 unspecified atom stereocenters. The van der Waals surface area contributed by atoms with Crippen LogP contribution >= 0.6 is 0 Å². The predicted octanol–water partition coefficient (Wildman–Crippen LogP) is 1.51. The molecule has 140 valence electrons. The van der Waals surface area contributed by atoms with Crippen molar-refractivity contribution in [2.24, 2.45) is 7.05 Å². The average molecular weight is 368 g/mol. The molecule has 0 saturated carbocycles. The van der Waals surface area contributed by atoms with E-state index in [-0.39, 0.29) is 17.9 Å². The van der Waals surface area contributed by atoms with Gasteiger partial charge in [0, 0.05) is 12.6 Å². The average Bonchev–Trinajstić information content (AvgIpc) is 3.05. The van der Waals surface area contributed by atoms with Gasteiger partial charge in [-0.25, -0.2) is 4.98 Å². The molecular formula is C19H20N4O4. The maximum Gasteiger partial charge on any atom is 0.326 e. The Bertz CT molecular complexity index is 1050. The largest absolute Gasteiger partial charge is 0.453 e. The van der Waals surface area contributed by atoms with Crippen LogP contribution in [0.5, 0.6) is 0 Å². The van der Waals surface area contributed by atoms with Gasteiger partial charge in [-0.3, -0.25) is 23.6 Å². The van der Waals surface area contributed by atoms with E-state index in [4.69, 9.17) is 4.74 Å². The van der Waals surface area contributed by atoms with Crippen LogP contribution in [0.4, 0.5) is 0 Å². The summed E-state index contributed by atoms with van der Waals surface area (Å²) in [5, 5.41) is 4.29. The summed E-state index contributed by atoms with van der Waals surface area (Å²) in [5.74, 6) is -0.979. The Hall–Kier alpha value is -3.29. The number of aromatic nitrogens is 4. The van der Waals surface area contributed by atoms with Crippen molar-refractivity contribution in [3.8, 4) is 0 Å². The van der Waals surface area contributed by atoms with E-state index < -0.39 is 12.1 Å². The smallest absolute Gasteiger partial charge is 0.326 e. The number of Topliss-reactive ketones (excluding diaryl/α,β-unsaturated/α-hetero) is 1. The molecule has 0 saturated heterocycles. The summed E-state index contributed by atoms with van der Waals surface area (Å²) in [6, 6.07) is 7.18. The van der Waals surface area contributed by atoms with Crippen LogP contribution in [0.2, 0.25) is 0 Å². The van der Waals surface area contributed by atoms with Crippen molar-refractivity contribution in [3.63, 3.8) is 0 Å². The standard InChI is InChI=1S/C19H20N4O4/c1-4-13-5-7-14(8-6-13)17(25)12(2)27-16(24)10-23-11-20-18-15(19(23)26)9-21-22(18)3/h5-9,11-12H,4,10H2,1-3H3/t12-/m1/s1. The second kappa shape index (κ2) is 7.53. The Morgan fingerprint density at radius 2 is 1.93 bits per heavy atom. The van der Waals surface area contributed by atoms with Crippen molar-refractivity contribution in [2.75, 3.05) is 0 Å². The zero-order chi connectivity index (χ0) is 19.6.